The van der Waals surface area contributed by atoms with Crippen molar-refractivity contribution in [3.8, 4) is 0 Å². The van der Waals surface area contributed by atoms with E-state index in [2.05, 4.69) is 43.7 Å². The number of hydrogen-bond donors (Lipinski definition) is 2. The lowest BCUT2D eigenvalue weighted by Crippen LogP contribution is -2.11. The predicted molar refractivity (Wildman–Crippen MR) is 109 cm³/mol. The van der Waals surface area contributed by atoms with Gasteiger partial charge in [-0.15, -0.1) is 0 Å². The van der Waals surface area contributed by atoms with Crippen molar-refractivity contribution in [1.29, 1.82) is 0 Å². The highest BCUT2D eigenvalue weighted by atomic mass is 79.9. The Morgan fingerprint density at radius 3 is 2.72 bits per heavy atom. The molecule has 2 N–H and O–H groups in total. The van der Waals surface area contributed by atoms with E-state index in [9.17, 15) is 4.79 Å². The molecular formula is C18H17BrN4OS. The zero-order valence-electron chi connectivity index (χ0n) is 13.8. The molecule has 3 aromatic rings. The SMILES string of the molecule is CC/C(C)=N/Nc1nc2ccc(NC(=O)c3ccc(Br)cc3)cc2s1. The Hall–Kier alpha value is -2.25. The molecule has 0 saturated carbocycles. The van der Waals surface area contributed by atoms with Crippen LogP contribution in [0.4, 0.5) is 10.8 Å². The van der Waals surface area contributed by atoms with Crippen molar-refractivity contribution >= 4 is 59.9 Å². The average Bonchev–Trinajstić information content (AvgIpc) is 3.02. The molecule has 0 aliphatic carbocycles. The largest absolute Gasteiger partial charge is 0.322 e. The Labute approximate surface area is 158 Å². The number of aromatic nitrogens is 1. The highest BCUT2D eigenvalue weighted by Gasteiger charge is 2.08. The molecule has 0 bridgehead atoms. The molecule has 1 aromatic heterocycles. The van der Waals surface area contributed by atoms with Gasteiger partial charge in [0.15, 0.2) is 0 Å². The normalized spacial score (nSPS) is 11.6. The summed E-state index contributed by atoms with van der Waals surface area (Å²) in [5.74, 6) is -0.141. The highest BCUT2D eigenvalue weighted by Crippen LogP contribution is 2.28. The summed E-state index contributed by atoms with van der Waals surface area (Å²) in [7, 11) is 0. The van der Waals surface area contributed by atoms with Crippen LogP contribution in [-0.4, -0.2) is 16.6 Å². The highest BCUT2D eigenvalue weighted by molar-refractivity contribution is 9.10. The van der Waals surface area contributed by atoms with Gasteiger partial charge in [0.25, 0.3) is 5.91 Å². The van der Waals surface area contributed by atoms with Crippen LogP contribution in [0.15, 0.2) is 52.0 Å². The summed E-state index contributed by atoms with van der Waals surface area (Å²) in [6.07, 6.45) is 0.893. The van der Waals surface area contributed by atoms with E-state index >= 15 is 0 Å². The number of carbonyl (C=O) groups is 1. The maximum atomic E-state index is 12.3. The minimum atomic E-state index is -0.141. The van der Waals surface area contributed by atoms with Crippen LogP contribution in [0, 0.1) is 0 Å². The molecule has 0 aliphatic heterocycles. The van der Waals surface area contributed by atoms with Crippen molar-refractivity contribution in [2.45, 2.75) is 20.3 Å². The summed E-state index contributed by atoms with van der Waals surface area (Å²) in [6, 6.07) is 12.9. The van der Waals surface area contributed by atoms with Gasteiger partial charge in [0.05, 0.1) is 10.2 Å². The fraction of sp³-hybridized carbons (Fsp3) is 0.167. The van der Waals surface area contributed by atoms with Gasteiger partial charge in [-0.3, -0.25) is 10.2 Å². The monoisotopic (exact) mass is 416 g/mol. The first-order valence-corrected chi connectivity index (χ1v) is 9.43. The lowest BCUT2D eigenvalue weighted by atomic mass is 10.2. The standard InChI is InChI=1S/C18H17BrN4OS/c1-3-11(2)22-23-18-21-15-9-8-14(10-16(15)25-18)20-17(24)12-4-6-13(19)7-5-12/h4-10H,3H2,1-2H3,(H,20,24)(H,21,23)/b22-11+. The van der Waals surface area contributed by atoms with Gasteiger partial charge in [-0.05, 0) is 55.8 Å². The van der Waals surface area contributed by atoms with E-state index in [0.29, 0.717) is 5.56 Å². The summed E-state index contributed by atoms with van der Waals surface area (Å²) in [4.78, 5) is 16.8. The van der Waals surface area contributed by atoms with E-state index in [1.807, 2.05) is 37.3 Å². The molecule has 0 fully saturated rings. The van der Waals surface area contributed by atoms with Crippen LogP contribution in [0.5, 0.6) is 0 Å². The second-order valence-electron chi connectivity index (χ2n) is 5.47. The van der Waals surface area contributed by atoms with E-state index in [1.165, 1.54) is 11.3 Å². The lowest BCUT2D eigenvalue weighted by Gasteiger charge is -2.05. The van der Waals surface area contributed by atoms with Crippen LogP contribution >= 0.6 is 27.3 Å². The van der Waals surface area contributed by atoms with Crippen LogP contribution in [0.3, 0.4) is 0 Å². The molecule has 1 heterocycles. The molecule has 7 heteroatoms. The molecule has 1 amide bonds. The summed E-state index contributed by atoms with van der Waals surface area (Å²) in [5, 5.41) is 7.92. The van der Waals surface area contributed by atoms with Crippen molar-refractivity contribution < 1.29 is 4.79 Å². The zero-order valence-corrected chi connectivity index (χ0v) is 16.2. The number of halogens is 1. The van der Waals surface area contributed by atoms with Gasteiger partial charge < -0.3 is 5.32 Å². The molecule has 3 rings (SSSR count). The number of benzene rings is 2. The number of thiazole rings is 1. The first kappa shape index (κ1) is 17.6. The van der Waals surface area contributed by atoms with Crippen molar-refractivity contribution in [2.75, 3.05) is 10.7 Å². The summed E-state index contributed by atoms with van der Waals surface area (Å²) >= 11 is 4.87. The number of nitrogens with one attached hydrogen (secondary N) is 2. The van der Waals surface area contributed by atoms with Gasteiger partial charge in [-0.1, -0.05) is 34.2 Å². The number of nitrogens with zero attached hydrogens (tertiary/aromatic N) is 2. The van der Waals surface area contributed by atoms with E-state index in [1.54, 1.807) is 12.1 Å². The van der Waals surface area contributed by atoms with E-state index in [-0.39, 0.29) is 5.91 Å². The van der Waals surface area contributed by atoms with Gasteiger partial charge in [0, 0.05) is 21.4 Å². The van der Waals surface area contributed by atoms with Crippen LogP contribution in [0.25, 0.3) is 10.2 Å². The third-order valence-electron chi connectivity index (χ3n) is 3.61. The first-order valence-electron chi connectivity index (χ1n) is 7.82. The molecule has 0 spiro atoms. The van der Waals surface area contributed by atoms with Gasteiger partial charge in [0.2, 0.25) is 5.13 Å². The Bertz CT molecular complexity index is 934. The first-order chi connectivity index (χ1) is 12.0. The van der Waals surface area contributed by atoms with Gasteiger partial charge in [-0.2, -0.15) is 5.10 Å². The average molecular weight is 417 g/mol. The molecule has 0 aliphatic rings. The molecule has 25 heavy (non-hydrogen) atoms. The summed E-state index contributed by atoms with van der Waals surface area (Å²) in [6.45, 7) is 4.02. The number of fused-ring (bicyclic) bond motifs is 1. The second-order valence-corrected chi connectivity index (χ2v) is 7.42. The summed E-state index contributed by atoms with van der Waals surface area (Å²) in [5.41, 5.74) is 6.22. The van der Waals surface area contributed by atoms with Crippen LogP contribution in [0.2, 0.25) is 0 Å². The van der Waals surface area contributed by atoms with Crippen LogP contribution < -0.4 is 10.7 Å². The number of hydrogen-bond acceptors (Lipinski definition) is 5. The minimum Gasteiger partial charge on any atom is -0.322 e. The fourth-order valence-electron chi connectivity index (χ4n) is 2.08. The Kier molecular flexibility index (Phi) is 5.45. The number of rotatable bonds is 5. The maximum absolute atomic E-state index is 12.3. The molecule has 0 saturated heterocycles. The minimum absolute atomic E-state index is 0.141. The molecule has 2 aromatic carbocycles. The lowest BCUT2D eigenvalue weighted by molar-refractivity contribution is 0.102. The molecule has 5 nitrogen and oxygen atoms in total. The molecule has 128 valence electrons. The fourth-order valence-corrected chi connectivity index (χ4v) is 3.19. The van der Waals surface area contributed by atoms with Crippen molar-refractivity contribution in [3.63, 3.8) is 0 Å². The third-order valence-corrected chi connectivity index (χ3v) is 5.06. The Morgan fingerprint density at radius 2 is 2.00 bits per heavy atom. The number of anilines is 2. The number of hydrazone groups is 1. The van der Waals surface area contributed by atoms with Crippen molar-refractivity contribution in [3.05, 3.63) is 52.5 Å². The summed E-state index contributed by atoms with van der Waals surface area (Å²) < 4.78 is 1.93. The Morgan fingerprint density at radius 1 is 1.24 bits per heavy atom. The maximum Gasteiger partial charge on any atom is 0.255 e. The van der Waals surface area contributed by atoms with Crippen LogP contribution in [-0.2, 0) is 0 Å². The Balaban J connectivity index is 1.76. The van der Waals surface area contributed by atoms with Gasteiger partial charge >= 0.3 is 0 Å². The van der Waals surface area contributed by atoms with Gasteiger partial charge in [0.1, 0.15) is 0 Å². The van der Waals surface area contributed by atoms with E-state index in [0.717, 1.165) is 37.6 Å². The molecule has 0 radical (unpaired) electrons. The predicted octanol–water partition coefficient (Wildman–Crippen LogP) is 5.51. The molecule has 0 unspecified atom stereocenters. The number of amides is 1. The number of carbonyl (C=O) groups excluding carboxylic acids is 1. The quantitative estimate of drug-likeness (QED) is 0.425. The smallest absolute Gasteiger partial charge is 0.255 e. The van der Waals surface area contributed by atoms with E-state index in [4.69, 9.17) is 0 Å². The van der Waals surface area contributed by atoms with Crippen LogP contribution in [0.1, 0.15) is 30.6 Å². The third kappa shape index (κ3) is 4.43. The van der Waals surface area contributed by atoms with Gasteiger partial charge in [-0.25, -0.2) is 4.98 Å². The molecule has 0 atom stereocenters. The molecular weight excluding hydrogens is 400 g/mol. The van der Waals surface area contributed by atoms with Crippen molar-refractivity contribution in [2.24, 2.45) is 5.10 Å². The zero-order chi connectivity index (χ0) is 17.8. The second kappa shape index (κ2) is 7.76. The topological polar surface area (TPSA) is 66.4 Å². The van der Waals surface area contributed by atoms with E-state index < -0.39 is 0 Å². The van der Waals surface area contributed by atoms with Crippen molar-refractivity contribution in [1.82, 2.24) is 4.98 Å².